The predicted octanol–water partition coefficient (Wildman–Crippen LogP) is 3.22. The summed E-state index contributed by atoms with van der Waals surface area (Å²) in [7, 11) is 0. The molecule has 3 aromatic carbocycles. The van der Waals surface area contributed by atoms with E-state index in [0.717, 1.165) is 21.5 Å². The van der Waals surface area contributed by atoms with Crippen LogP contribution in [0.1, 0.15) is 16.8 Å². The lowest BCUT2D eigenvalue weighted by Crippen LogP contribution is -2.17. The average Bonchev–Trinajstić information content (AvgIpc) is 2.53. The van der Waals surface area contributed by atoms with Crippen LogP contribution < -0.4 is 0 Å². The number of aliphatic carboxylic acids is 1. The van der Waals surface area contributed by atoms with E-state index < -0.39 is 24.0 Å². The molecule has 1 N–H and O–H groups in total. The first-order chi connectivity index (χ1) is 10.6. The molecule has 0 saturated heterocycles. The number of carbonyl (C=O) groups is 3. The first kappa shape index (κ1) is 13.9. The molecule has 0 aromatic heterocycles. The van der Waals surface area contributed by atoms with Gasteiger partial charge in [0.25, 0.3) is 0 Å². The topological polar surface area (TPSA) is 71.4 Å². The van der Waals surface area contributed by atoms with Crippen LogP contribution in [0.15, 0.2) is 54.6 Å². The lowest BCUT2D eigenvalue weighted by Gasteiger charge is -2.09. The van der Waals surface area contributed by atoms with E-state index in [1.807, 2.05) is 42.5 Å². The van der Waals surface area contributed by atoms with Gasteiger partial charge in [-0.25, -0.2) is 4.79 Å². The number of carbonyl (C=O) groups excluding carboxylic acids is 2. The monoisotopic (exact) mass is 292 g/mol. The van der Waals surface area contributed by atoms with Crippen LogP contribution in [0.25, 0.3) is 21.5 Å². The van der Waals surface area contributed by atoms with E-state index in [1.54, 1.807) is 12.1 Å². The Morgan fingerprint density at radius 1 is 0.818 bits per heavy atom. The number of carboxylic acids is 1. The lowest BCUT2D eigenvalue weighted by atomic mass is 9.94. The standard InChI is InChI=1S/C18H12O4/c19-16(10-17(20)18(21)22)15-9-11-5-1-2-6-12(11)13-7-3-4-8-14(13)15/h1-9H,10H2,(H,21,22). The Morgan fingerprint density at radius 3 is 2.09 bits per heavy atom. The maximum Gasteiger partial charge on any atom is 0.372 e. The van der Waals surface area contributed by atoms with Gasteiger partial charge in [-0.2, -0.15) is 0 Å². The quantitative estimate of drug-likeness (QED) is 0.347. The number of carboxylic acid groups (broad SMARTS) is 1. The molecule has 108 valence electrons. The minimum absolute atomic E-state index is 0.379. The van der Waals surface area contributed by atoms with Gasteiger partial charge in [0.2, 0.25) is 5.78 Å². The number of Topliss-reactive ketones (excluding diaryl/α,β-unsaturated/α-hetero) is 2. The van der Waals surface area contributed by atoms with E-state index >= 15 is 0 Å². The number of fused-ring (bicyclic) bond motifs is 3. The van der Waals surface area contributed by atoms with Crippen LogP contribution in [0.3, 0.4) is 0 Å². The lowest BCUT2D eigenvalue weighted by molar-refractivity contribution is -0.148. The Balaban J connectivity index is 2.21. The summed E-state index contributed by atoms with van der Waals surface area (Å²) < 4.78 is 0. The maximum absolute atomic E-state index is 12.3. The fourth-order valence-corrected chi connectivity index (χ4v) is 2.60. The predicted molar refractivity (Wildman–Crippen MR) is 83.0 cm³/mol. The molecular formula is C18H12O4. The molecule has 0 heterocycles. The molecule has 0 aliphatic rings. The van der Waals surface area contributed by atoms with Gasteiger partial charge in [-0.15, -0.1) is 0 Å². The van der Waals surface area contributed by atoms with Gasteiger partial charge < -0.3 is 5.11 Å². The third-order valence-corrected chi connectivity index (χ3v) is 3.63. The molecule has 0 bridgehead atoms. The largest absolute Gasteiger partial charge is 0.475 e. The Labute approximate surface area is 126 Å². The van der Waals surface area contributed by atoms with Gasteiger partial charge in [0, 0.05) is 5.56 Å². The summed E-state index contributed by atoms with van der Waals surface area (Å²) in [6, 6.07) is 16.8. The number of ketones is 2. The van der Waals surface area contributed by atoms with Gasteiger partial charge in [-0.3, -0.25) is 9.59 Å². The van der Waals surface area contributed by atoms with Crippen LogP contribution in [0.4, 0.5) is 0 Å². The highest BCUT2D eigenvalue weighted by molar-refractivity contribution is 6.38. The van der Waals surface area contributed by atoms with Gasteiger partial charge in [-0.1, -0.05) is 48.5 Å². The molecule has 3 aromatic rings. The number of rotatable bonds is 4. The Bertz CT molecular complexity index is 925. The average molecular weight is 292 g/mol. The molecule has 0 fully saturated rings. The highest BCUT2D eigenvalue weighted by Crippen LogP contribution is 2.29. The molecule has 0 saturated carbocycles. The van der Waals surface area contributed by atoms with Crippen molar-refractivity contribution in [3.8, 4) is 0 Å². The number of hydrogen-bond acceptors (Lipinski definition) is 3. The molecule has 0 unspecified atom stereocenters. The molecule has 0 radical (unpaired) electrons. The van der Waals surface area contributed by atoms with Crippen molar-refractivity contribution in [3.05, 3.63) is 60.2 Å². The molecule has 0 aliphatic heterocycles. The zero-order chi connectivity index (χ0) is 15.7. The van der Waals surface area contributed by atoms with Crippen molar-refractivity contribution in [2.24, 2.45) is 0 Å². The summed E-state index contributed by atoms with van der Waals surface area (Å²) in [5, 5.41) is 12.2. The Hall–Kier alpha value is -3.01. The van der Waals surface area contributed by atoms with Crippen molar-refractivity contribution in [2.75, 3.05) is 0 Å². The van der Waals surface area contributed by atoms with Crippen LogP contribution >= 0.6 is 0 Å². The number of benzene rings is 3. The van der Waals surface area contributed by atoms with Crippen LogP contribution in [0.5, 0.6) is 0 Å². The van der Waals surface area contributed by atoms with Gasteiger partial charge in [-0.05, 0) is 27.6 Å². The minimum Gasteiger partial charge on any atom is -0.475 e. The van der Waals surface area contributed by atoms with Crippen LogP contribution in [0, 0.1) is 0 Å². The maximum atomic E-state index is 12.3. The molecular weight excluding hydrogens is 280 g/mol. The SMILES string of the molecule is O=C(O)C(=O)CC(=O)c1cc2ccccc2c2ccccc12. The molecule has 0 spiro atoms. The number of hydrogen-bond donors (Lipinski definition) is 1. The van der Waals surface area contributed by atoms with Gasteiger partial charge in [0.1, 0.15) is 0 Å². The zero-order valence-corrected chi connectivity index (χ0v) is 11.6. The second-order valence-corrected chi connectivity index (χ2v) is 5.02. The van der Waals surface area contributed by atoms with E-state index in [9.17, 15) is 14.4 Å². The van der Waals surface area contributed by atoms with Crippen molar-refractivity contribution in [2.45, 2.75) is 6.42 Å². The van der Waals surface area contributed by atoms with Crippen molar-refractivity contribution < 1.29 is 19.5 Å². The van der Waals surface area contributed by atoms with E-state index in [-0.39, 0.29) is 0 Å². The first-order valence-corrected chi connectivity index (χ1v) is 6.78. The first-order valence-electron chi connectivity index (χ1n) is 6.78. The highest BCUT2D eigenvalue weighted by Gasteiger charge is 2.20. The van der Waals surface area contributed by atoms with Crippen molar-refractivity contribution in [1.82, 2.24) is 0 Å². The Morgan fingerprint density at radius 2 is 1.41 bits per heavy atom. The summed E-state index contributed by atoms with van der Waals surface area (Å²) in [4.78, 5) is 34.3. The zero-order valence-electron chi connectivity index (χ0n) is 11.6. The van der Waals surface area contributed by atoms with Crippen LogP contribution in [0.2, 0.25) is 0 Å². The summed E-state index contributed by atoms with van der Waals surface area (Å²) in [5.74, 6) is -3.16. The molecule has 0 aliphatic carbocycles. The van der Waals surface area contributed by atoms with E-state index in [1.165, 1.54) is 0 Å². The smallest absolute Gasteiger partial charge is 0.372 e. The van der Waals surface area contributed by atoms with E-state index in [4.69, 9.17) is 5.11 Å². The molecule has 22 heavy (non-hydrogen) atoms. The molecule has 4 heteroatoms. The summed E-state index contributed by atoms with van der Waals surface area (Å²) in [6.07, 6.45) is -0.627. The summed E-state index contributed by atoms with van der Waals surface area (Å²) in [6.45, 7) is 0. The summed E-state index contributed by atoms with van der Waals surface area (Å²) in [5.41, 5.74) is 0.379. The highest BCUT2D eigenvalue weighted by atomic mass is 16.4. The van der Waals surface area contributed by atoms with Crippen LogP contribution in [-0.2, 0) is 9.59 Å². The van der Waals surface area contributed by atoms with Gasteiger partial charge in [0.05, 0.1) is 6.42 Å². The molecule has 3 rings (SSSR count). The van der Waals surface area contributed by atoms with Crippen LogP contribution in [-0.4, -0.2) is 22.6 Å². The second kappa shape index (κ2) is 5.41. The van der Waals surface area contributed by atoms with E-state index in [2.05, 4.69) is 0 Å². The van der Waals surface area contributed by atoms with Crippen molar-refractivity contribution in [3.63, 3.8) is 0 Å². The third kappa shape index (κ3) is 2.35. The Kier molecular flexibility index (Phi) is 3.43. The fourth-order valence-electron chi connectivity index (χ4n) is 2.60. The minimum atomic E-state index is -1.58. The molecule has 4 nitrogen and oxygen atoms in total. The molecule has 0 atom stereocenters. The normalized spacial score (nSPS) is 10.7. The van der Waals surface area contributed by atoms with Crippen molar-refractivity contribution in [1.29, 1.82) is 0 Å². The third-order valence-electron chi connectivity index (χ3n) is 3.63. The van der Waals surface area contributed by atoms with Gasteiger partial charge >= 0.3 is 5.97 Å². The summed E-state index contributed by atoms with van der Waals surface area (Å²) >= 11 is 0. The van der Waals surface area contributed by atoms with Crippen molar-refractivity contribution >= 4 is 39.1 Å². The second-order valence-electron chi connectivity index (χ2n) is 5.02. The fraction of sp³-hybridized carbons (Fsp3) is 0.0556. The van der Waals surface area contributed by atoms with E-state index in [0.29, 0.717) is 5.56 Å². The molecule has 0 amide bonds. The van der Waals surface area contributed by atoms with Gasteiger partial charge in [0.15, 0.2) is 5.78 Å².